The Bertz CT molecular complexity index is 673. The van der Waals surface area contributed by atoms with Crippen molar-refractivity contribution in [3.8, 4) is 5.75 Å². The quantitative estimate of drug-likeness (QED) is 0.809. The Morgan fingerprint density at radius 1 is 1.26 bits per heavy atom. The minimum Gasteiger partial charge on any atom is -0.496 e. The summed E-state index contributed by atoms with van der Waals surface area (Å²) in [5, 5.41) is 2.97. The Morgan fingerprint density at radius 3 is 2.61 bits per heavy atom. The molecule has 1 N–H and O–H groups in total. The van der Waals surface area contributed by atoms with Crippen molar-refractivity contribution in [1.82, 2.24) is 5.32 Å². The summed E-state index contributed by atoms with van der Waals surface area (Å²) >= 11 is 1.38. The van der Waals surface area contributed by atoms with Crippen molar-refractivity contribution in [2.75, 3.05) is 12.9 Å². The second kappa shape index (κ2) is 8.02. The third kappa shape index (κ3) is 4.99. The average Bonchev–Trinajstić information content (AvgIpc) is 2.54. The van der Waals surface area contributed by atoms with Gasteiger partial charge in [0.25, 0.3) is 0 Å². The fraction of sp³-hybridized carbons (Fsp3) is 0.278. The number of carbonyl (C=O) groups is 1. The first-order valence-corrected chi connectivity index (χ1v) is 8.30. The molecule has 0 bridgehead atoms. The van der Waals surface area contributed by atoms with Gasteiger partial charge in [-0.1, -0.05) is 17.7 Å². The van der Waals surface area contributed by atoms with E-state index in [1.165, 1.54) is 23.9 Å². The Morgan fingerprint density at radius 2 is 1.96 bits per heavy atom. The highest BCUT2D eigenvalue weighted by atomic mass is 32.2. The maximum Gasteiger partial charge on any atom is 0.230 e. The molecule has 5 heteroatoms. The lowest BCUT2D eigenvalue weighted by atomic mass is 10.0. The molecular formula is C18H20FNO2S. The zero-order valence-corrected chi connectivity index (χ0v) is 14.2. The third-order valence-electron chi connectivity index (χ3n) is 3.41. The molecule has 0 fully saturated rings. The highest BCUT2D eigenvalue weighted by Gasteiger charge is 2.14. The lowest BCUT2D eigenvalue weighted by Gasteiger charge is -2.18. The first-order valence-electron chi connectivity index (χ1n) is 7.32. The van der Waals surface area contributed by atoms with Crippen molar-refractivity contribution < 1.29 is 13.9 Å². The first-order chi connectivity index (χ1) is 11.0. The number of ether oxygens (including phenoxy) is 1. The van der Waals surface area contributed by atoms with E-state index in [9.17, 15) is 9.18 Å². The van der Waals surface area contributed by atoms with Gasteiger partial charge >= 0.3 is 0 Å². The fourth-order valence-corrected chi connectivity index (χ4v) is 2.94. The lowest BCUT2D eigenvalue weighted by Crippen LogP contribution is -2.28. The van der Waals surface area contributed by atoms with Crippen molar-refractivity contribution in [3.05, 3.63) is 59.4 Å². The van der Waals surface area contributed by atoms with Gasteiger partial charge in [-0.2, -0.15) is 0 Å². The van der Waals surface area contributed by atoms with Gasteiger partial charge in [0, 0.05) is 10.5 Å². The number of amides is 1. The maximum absolute atomic E-state index is 12.8. The number of carbonyl (C=O) groups excluding carboxylic acids is 1. The Labute approximate surface area is 140 Å². The SMILES string of the molecule is COc1ccc(C)cc1[C@H](C)NC(=O)CSc1ccc(F)cc1. The summed E-state index contributed by atoms with van der Waals surface area (Å²) in [5.41, 5.74) is 2.07. The van der Waals surface area contributed by atoms with E-state index in [1.54, 1.807) is 19.2 Å². The van der Waals surface area contributed by atoms with E-state index in [0.29, 0.717) is 0 Å². The first kappa shape index (κ1) is 17.3. The molecule has 0 aromatic heterocycles. The van der Waals surface area contributed by atoms with Gasteiger partial charge in [0.2, 0.25) is 5.91 Å². The van der Waals surface area contributed by atoms with Crippen molar-refractivity contribution >= 4 is 17.7 Å². The van der Waals surface area contributed by atoms with E-state index in [4.69, 9.17) is 4.74 Å². The number of nitrogens with one attached hydrogen (secondary N) is 1. The number of aryl methyl sites for hydroxylation is 1. The van der Waals surface area contributed by atoms with Crippen LogP contribution in [-0.4, -0.2) is 18.8 Å². The summed E-state index contributed by atoms with van der Waals surface area (Å²) in [6.07, 6.45) is 0. The van der Waals surface area contributed by atoms with Crippen LogP contribution in [0.1, 0.15) is 24.1 Å². The van der Waals surface area contributed by atoms with Gasteiger partial charge < -0.3 is 10.1 Å². The fourth-order valence-electron chi connectivity index (χ4n) is 2.23. The van der Waals surface area contributed by atoms with Crippen LogP contribution in [0.4, 0.5) is 4.39 Å². The zero-order chi connectivity index (χ0) is 16.8. The summed E-state index contributed by atoms with van der Waals surface area (Å²) in [5.74, 6) is 0.688. The van der Waals surface area contributed by atoms with E-state index in [-0.39, 0.29) is 23.5 Å². The van der Waals surface area contributed by atoms with Crippen LogP contribution in [0, 0.1) is 12.7 Å². The molecule has 0 saturated heterocycles. The summed E-state index contributed by atoms with van der Waals surface area (Å²) < 4.78 is 18.2. The molecule has 0 unspecified atom stereocenters. The highest BCUT2D eigenvalue weighted by Crippen LogP contribution is 2.26. The van der Waals surface area contributed by atoms with Gasteiger partial charge in [0.15, 0.2) is 0 Å². The number of hydrogen-bond acceptors (Lipinski definition) is 3. The van der Waals surface area contributed by atoms with Gasteiger partial charge in [0.05, 0.1) is 18.9 Å². The van der Waals surface area contributed by atoms with Crippen LogP contribution < -0.4 is 10.1 Å². The molecule has 0 spiro atoms. The monoisotopic (exact) mass is 333 g/mol. The molecular weight excluding hydrogens is 313 g/mol. The molecule has 0 aliphatic heterocycles. The van der Waals surface area contributed by atoms with Crippen molar-refractivity contribution in [1.29, 1.82) is 0 Å². The molecule has 0 radical (unpaired) electrons. The van der Waals surface area contributed by atoms with Crippen LogP contribution in [-0.2, 0) is 4.79 Å². The molecule has 23 heavy (non-hydrogen) atoms. The number of hydrogen-bond donors (Lipinski definition) is 1. The molecule has 2 aromatic rings. The Kier molecular flexibility index (Phi) is 6.04. The lowest BCUT2D eigenvalue weighted by molar-refractivity contribution is -0.119. The zero-order valence-electron chi connectivity index (χ0n) is 13.4. The van der Waals surface area contributed by atoms with E-state index in [0.717, 1.165) is 21.8 Å². The van der Waals surface area contributed by atoms with E-state index in [2.05, 4.69) is 5.32 Å². The van der Waals surface area contributed by atoms with Crippen molar-refractivity contribution in [2.24, 2.45) is 0 Å². The number of thioether (sulfide) groups is 1. The third-order valence-corrected chi connectivity index (χ3v) is 4.42. The molecule has 2 rings (SSSR count). The topological polar surface area (TPSA) is 38.3 Å². The molecule has 122 valence electrons. The minimum absolute atomic E-state index is 0.0737. The van der Waals surface area contributed by atoms with E-state index in [1.807, 2.05) is 32.0 Å². The van der Waals surface area contributed by atoms with Crippen molar-refractivity contribution in [2.45, 2.75) is 24.8 Å². The molecule has 1 atom stereocenters. The van der Waals surface area contributed by atoms with Crippen LogP contribution in [0.25, 0.3) is 0 Å². The van der Waals surface area contributed by atoms with Gasteiger partial charge in [-0.3, -0.25) is 4.79 Å². The van der Waals surface area contributed by atoms with E-state index >= 15 is 0 Å². The van der Waals surface area contributed by atoms with Gasteiger partial charge in [-0.25, -0.2) is 4.39 Å². The Hall–Kier alpha value is -2.01. The molecule has 0 aliphatic carbocycles. The minimum atomic E-state index is -0.279. The number of halogens is 1. The summed E-state index contributed by atoms with van der Waals surface area (Å²) in [6.45, 7) is 3.93. The van der Waals surface area contributed by atoms with Crippen LogP contribution in [0.15, 0.2) is 47.4 Å². The highest BCUT2D eigenvalue weighted by molar-refractivity contribution is 8.00. The summed E-state index contributed by atoms with van der Waals surface area (Å²) in [4.78, 5) is 13.0. The summed E-state index contributed by atoms with van der Waals surface area (Å²) in [7, 11) is 1.62. The van der Waals surface area contributed by atoms with Gasteiger partial charge in [0.1, 0.15) is 11.6 Å². The average molecular weight is 333 g/mol. The second-order valence-electron chi connectivity index (χ2n) is 5.28. The molecule has 0 heterocycles. The van der Waals surface area contributed by atoms with Crippen LogP contribution in [0.3, 0.4) is 0 Å². The largest absolute Gasteiger partial charge is 0.496 e. The molecule has 1 amide bonds. The normalized spacial score (nSPS) is 11.8. The molecule has 3 nitrogen and oxygen atoms in total. The number of methoxy groups -OCH3 is 1. The number of benzene rings is 2. The van der Waals surface area contributed by atoms with Crippen LogP contribution in [0.5, 0.6) is 5.75 Å². The Balaban J connectivity index is 1.94. The summed E-state index contributed by atoms with van der Waals surface area (Å²) in [6, 6.07) is 11.9. The maximum atomic E-state index is 12.8. The van der Waals surface area contributed by atoms with Gasteiger partial charge in [-0.05, 0) is 44.2 Å². The van der Waals surface area contributed by atoms with Crippen molar-refractivity contribution in [3.63, 3.8) is 0 Å². The van der Waals surface area contributed by atoms with Crippen LogP contribution >= 0.6 is 11.8 Å². The van der Waals surface area contributed by atoms with Gasteiger partial charge in [-0.15, -0.1) is 11.8 Å². The standard InChI is InChI=1S/C18H20FNO2S/c1-12-4-9-17(22-3)16(10-12)13(2)20-18(21)11-23-15-7-5-14(19)6-8-15/h4-10,13H,11H2,1-3H3,(H,20,21)/t13-/m0/s1. The van der Waals surface area contributed by atoms with Crippen LogP contribution in [0.2, 0.25) is 0 Å². The predicted molar refractivity (Wildman–Crippen MR) is 91.4 cm³/mol. The molecule has 0 aliphatic rings. The second-order valence-corrected chi connectivity index (χ2v) is 6.33. The van der Waals surface area contributed by atoms with E-state index < -0.39 is 0 Å². The number of rotatable bonds is 6. The molecule has 0 saturated carbocycles. The smallest absolute Gasteiger partial charge is 0.230 e. The molecule has 2 aromatic carbocycles. The predicted octanol–water partition coefficient (Wildman–Crippen LogP) is 4.11.